The summed E-state index contributed by atoms with van der Waals surface area (Å²) in [5, 5.41) is 7.65. The number of carbonyl (C=O) groups excluding carboxylic acids is 1. The van der Waals surface area contributed by atoms with Crippen molar-refractivity contribution in [2.45, 2.75) is 38.1 Å². The van der Waals surface area contributed by atoms with E-state index in [4.69, 9.17) is 0 Å². The molecule has 4 rings (SSSR count). The second kappa shape index (κ2) is 6.22. The largest absolute Gasteiger partial charge is 0.365 e. The zero-order chi connectivity index (χ0) is 16.5. The lowest BCUT2D eigenvalue weighted by molar-refractivity contribution is 0.0703. The van der Waals surface area contributed by atoms with Gasteiger partial charge in [0.1, 0.15) is 17.8 Å². The number of amides is 1. The number of piperidine rings is 1. The summed E-state index contributed by atoms with van der Waals surface area (Å²) in [7, 11) is 1.80. The second-order valence-electron chi connectivity index (χ2n) is 6.58. The van der Waals surface area contributed by atoms with E-state index in [9.17, 15) is 4.79 Å². The van der Waals surface area contributed by atoms with Crippen molar-refractivity contribution < 1.29 is 4.79 Å². The molecule has 1 amide bonds. The molecular formula is C17H22N6O. The predicted molar refractivity (Wildman–Crippen MR) is 89.8 cm³/mol. The first-order valence-electron chi connectivity index (χ1n) is 8.59. The van der Waals surface area contributed by atoms with Crippen LogP contribution in [0.2, 0.25) is 0 Å². The van der Waals surface area contributed by atoms with Crippen LogP contribution in [0.3, 0.4) is 0 Å². The lowest BCUT2D eigenvalue weighted by Crippen LogP contribution is -2.45. The SMILES string of the molecule is Cn1nccc1C(=O)N1CCC[C@H](Nc2ncnc3c2CCC3)C1. The molecule has 0 radical (unpaired) electrons. The van der Waals surface area contributed by atoms with Gasteiger partial charge in [-0.1, -0.05) is 0 Å². The lowest BCUT2D eigenvalue weighted by Gasteiger charge is -2.33. The Kier molecular flexibility index (Phi) is 3.92. The fraction of sp³-hybridized carbons (Fsp3) is 0.529. The van der Waals surface area contributed by atoms with E-state index in [0.29, 0.717) is 12.2 Å². The number of carbonyl (C=O) groups is 1. The molecule has 7 nitrogen and oxygen atoms in total. The second-order valence-corrected chi connectivity index (χ2v) is 6.58. The Balaban J connectivity index is 1.47. The van der Waals surface area contributed by atoms with Crippen molar-refractivity contribution in [1.29, 1.82) is 0 Å². The van der Waals surface area contributed by atoms with E-state index in [1.54, 1.807) is 30.3 Å². The highest BCUT2D eigenvalue weighted by Gasteiger charge is 2.27. The molecule has 2 aromatic rings. The van der Waals surface area contributed by atoms with Crippen molar-refractivity contribution in [3.05, 3.63) is 35.5 Å². The van der Waals surface area contributed by atoms with Crippen LogP contribution in [0.25, 0.3) is 0 Å². The number of nitrogens with one attached hydrogen (secondary N) is 1. The lowest BCUT2D eigenvalue weighted by atomic mass is 10.0. The predicted octanol–water partition coefficient (Wildman–Crippen LogP) is 1.42. The van der Waals surface area contributed by atoms with Gasteiger partial charge in [0.2, 0.25) is 0 Å². The van der Waals surface area contributed by atoms with Crippen LogP contribution in [0.15, 0.2) is 18.6 Å². The first-order valence-corrected chi connectivity index (χ1v) is 8.59. The molecule has 2 aromatic heterocycles. The number of hydrogen-bond acceptors (Lipinski definition) is 5. The van der Waals surface area contributed by atoms with E-state index in [-0.39, 0.29) is 11.9 Å². The van der Waals surface area contributed by atoms with Gasteiger partial charge in [-0.25, -0.2) is 9.97 Å². The number of anilines is 1. The van der Waals surface area contributed by atoms with Crippen molar-refractivity contribution in [1.82, 2.24) is 24.6 Å². The van der Waals surface area contributed by atoms with Crippen LogP contribution in [0, 0.1) is 0 Å². The van der Waals surface area contributed by atoms with Gasteiger partial charge in [0, 0.05) is 43.6 Å². The Morgan fingerprint density at radius 3 is 3.04 bits per heavy atom. The van der Waals surface area contributed by atoms with Gasteiger partial charge in [0.25, 0.3) is 5.91 Å². The Morgan fingerprint density at radius 1 is 1.29 bits per heavy atom. The molecule has 0 unspecified atom stereocenters. The fourth-order valence-corrected chi connectivity index (χ4v) is 3.70. The van der Waals surface area contributed by atoms with Crippen LogP contribution < -0.4 is 5.32 Å². The van der Waals surface area contributed by atoms with E-state index >= 15 is 0 Å². The minimum Gasteiger partial charge on any atom is -0.365 e. The summed E-state index contributed by atoms with van der Waals surface area (Å²) in [5.74, 6) is 1.01. The summed E-state index contributed by atoms with van der Waals surface area (Å²) in [6, 6.07) is 2.01. The third-order valence-corrected chi connectivity index (χ3v) is 4.96. The van der Waals surface area contributed by atoms with Crippen LogP contribution in [0.5, 0.6) is 0 Å². The molecule has 2 aliphatic rings. The highest BCUT2D eigenvalue weighted by Crippen LogP contribution is 2.26. The molecular weight excluding hydrogens is 304 g/mol. The highest BCUT2D eigenvalue weighted by molar-refractivity contribution is 5.92. The molecule has 1 fully saturated rings. The Bertz CT molecular complexity index is 755. The van der Waals surface area contributed by atoms with Crippen LogP contribution in [0.1, 0.15) is 41.0 Å². The topological polar surface area (TPSA) is 75.9 Å². The van der Waals surface area contributed by atoms with Crippen LogP contribution in [-0.2, 0) is 19.9 Å². The standard InChI is InChI=1S/C17H22N6O/c1-22-15(7-8-20-22)17(24)23-9-3-4-12(10-23)21-16-13-5-2-6-14(13)18-11-19-16/h7-8,11-12H,2-6,9-10H2,1H3,(H,18,19,21)/t12-/m0/s1. The normalized spacial score (nSPS) is 20.0. The van der Waals surface area contributed by atoms with Crippen molar-refractivity contribution in [2.24, 2.45) is 7.05 Å². The van der Waals surface area contributed by atoms with Crippen LogP contribution >= 0.6 is 0 Å². The first kappa shape index (κ1) is 15.1. The van der Waals surface area contributed by atoms with E-state index in [2.05, 4.69) is 20.4 Å². The number of fused-ring (bicyclic) bond motifs is 1. The monoisotopic (exact) mass is 326 g/mol. The average Bonchev–Trinajstić information content (AvgIpc) is 3.24. The van der Waals surface area contributed by atoms with Gasteiger partial charge in [-0.3, -0.25) is 9.48 Å². The molecule has 1 saturated heterocycles. The molecule has 1 aliphatic heterocycles. The molecule has 126 valence electrons. The number of nitrogens with zero attached hydrogens (tertiary/aromatic N) is 5. The summed E-state index contributed by atoms with van der Waals surface area (Å²) in [6.07, 6.45) is 8.59. The number of likely N-dealkylation sites (tertiary alicyclic amines) is 1. The van der Waals surface area contributed by atoms with Gasteiger partial charge in [-0.15, -0.1) is 0 Å². The van der Waals surface area contributed by atoms with Crippen LogP contribution in [-0.4, -0.2) is 49.7 Å². The van der Waals surface area contributed by atoms with Crippen molar-refractivity contribution in [3.63, 3.8) is 0 Å². The zero-order valence-corrected chi connectivity index (χ0v) is 13.9. The smallest absolute Gasteiger partial charge is 0.272 e. The van der Waals surface area contributed by atoms with Crippen molar-refractivity contribution >= 4 is 11.7 Å². The van der Waals surface area contributed by atoms with Crippen molar-refractivity contribution in [2.75, 3.05) is 18.4 Å². The number of aromatic nitrogens is 4. The third-order valence-electron chi connectivity index (χ3n) is 4.96. The molecule has 0 spiro atoms. The Hall–Kier alpha value is -2.44. The molecule has 3 heterocycles. The molecule has 0 aromatic carbocycles. The molecule has 1 aliphatic carbocycles. The Morgan fingerprint density at radius 2 is 2.21 bits per heavy atom. The average molecular weight is 326 g/mol. The maximum absolute atomic E-state index is 12.7. The summed E-state index contributed by atoms with van der Waals surface area (Å²) in [6.45, 7) is 1.49. The molecule has 1 atom stereocenters. The summed E-state index contributed by atoms with van der Waals surface area (Å²) in [5.41, 5.74) is 3.07. The van der Waals surface area contributed by atoms with E-state index in [0.717, 1.165) is 44.5 Å². The minimum atomic E-state index is 0.0504. The summed E-state index contributed by atoms with van der Waals surface area (Å²) < 4.78 is 1.64. The van der Waals surface area contributed by atoms with Crippen molar-refractivity contribution in [3.8, 4) is 0 Å². The minimum absolute atomic E-state index is 0.0504. The van der Waals surface area contributed by atoms with Crippen LogP contribution in [0.4, 0.5) is 5.82 Å². The maximum atomic E-state index is 12.7. The third kappa shape index (κ3) is 2.74. The van der Waals surface area contributed by atoms with E-state index in [1.165, 1.54) is 11.3 Å². The quantitative estimate of drug-likeness (QED) is 0.923. The molecule has 0 bridgehead atoms. The Labute approximate surface area is 141 Å². The zero-order valence-electron chi connectivity index (χ0n) is 13.9. The summed E-state index contributed by atoms with van der Waals surface area (Å²) in [4.78, 5) is 23.4. The van der Waals surface area contributed by atoms with Gasteiger partial charge >= 0.3 is 0 Å². The summed E-state index contributed by atoms with van der Waals surface area (Å²) >= 11 is 0. The number of rotatable bonds is 3. The molecule has 7 heteroatoms. The fourth-order valence-electron chi connectivity index (χ4n) is 3.70. The molecule has 1 N–H and O–H groups in total. The van der Waals surface area contributed by atoms with E-state index < -0.39 is 0 Å². The number of hydrogen-bond donors (Lipinski definition) is 1. The van der Waals surface area contributed by atoms with Gasteiger partial charge < -0.3 is 10.2 Å². The van der Waals surface area contributed by atoms with Gasteiger partial charge in [-0.2, -0.15) is 5.10 Å². The maximum Gasteiger partial charge on any atom is 0.272 e. The van der Waals surface area contributed by atoms with Gasteiger partial charge in [0.05, 0.1) is 0 Å². The van der Waals surface area contributed by atoms with Gasteiger partial charge in [0.15, 0.2) is 0 Å². The van der Waals surface area contributed by atoms with E-state index in [1.807, 2.05) is 4.90 Å². The molecule has 24 heavy (non-hydrogen) atoms. The first-order chi connectivity index (χ1) is 11.7. The highest BCUT2D eigenvalue weighted by atomic mass is 16.2. The number of aryl methyl sites for hydroxylation is 2. The molecule has 0 saturated carbocycles. The van der Waals surface area contributed by atoms with Gasteiger partial charge in [-0.05, 0) is 38.2 Å².